The molecule has 0 aliphatic carbocycles. The topological polar surface area (TPSA) is 187 Å². The standard InChI is InChI=1S/C29H38N2O12/c1-19(32)41-18-20-6-7-22(42-28-16-21(33)15-24(43-28)29(37)38)17-23(20)40-14-13-39-12-10-30-25(34)5-3-2-4-11-31-26(35)8-9-27(31)36/h6-9,17,21,24,28,33H,2-5,10-16,18H2,1H3,(H,30,34)(H,37,38). The number of carbonyl (C=O) groups excluding carboxylic acids is 4. The van der Waals surface area contributed by atoms with E-state index >= 15 is 0 Å². The zero-order valence-electron chi connectivity index (χ0n) is 24.0. The van der Waals surface area contributed by atoms with Gasteiger partial charge in [-0.05, 0) is 25.0 Å². The lowest BCUT2D eigenvalue weighted by molar-refractivity contribution is -0.195. The Morgan fingerprint density at radius 1 is 1.05 bits per heavy atom. The molecule has 3 N–H and O–H groups in total. The molecule has 0 radical (unpaired) electrons. The predicted molar refractivity (Wildman–Crippen MR) is 148 cm³/mol. The van der Waals surface area contributed by atoms with E-state index in [0.29, 0.717) is 55.8 Å². The molecule has 1 aromatic carbocycles. The van der Waals surface area contributed by atoms with Gasteiger partial charge in [-0.3, -0.25) is 24.1 Å². The second-order valence-electron chi connectivity index (χ2n) is 9.97. The van der Waals surface area contributed by atoms with Crippen LogP contribution in [0.15, 0.2) is 30.4 Å². The summed E-state index contributed by atoms with van der Waals surface area (Å²) in [6.07, 6.45) is 1.84. The van der Waals surface area contributed by atoms with Gasteiger partial charge in [0.1, 0.15) is 24.7 Å². The molecule has 2 heterocycles. The Bertz CT molecular complexity index is 1150. The molecule has 1 aromatic rings. The van der Waals surface area contributed by atoms with Crippen LogP contribution in [0, 0.1) is 0 Å². The van der Waals surface area contributed by atoms with Crippen molar-refractivity contribution in [1.29, 1.82) is 0 Å². The van der Waals surface area contributed by atoms with Crippen LogP contribution in [0.4, 0.5) is 0 Å². The molecule has 3 rings (SSSR count). The molecule has 14 heteroatoms. The number of nitrogens with one attached hydrogen (secondary N) is 1. The number of aliphatic hydroxyl groups is 1. The molecule has 2 aliphatic heterocycles. The Kier molecular flexibility index (Phi) is 13.4. The van der Waals surface area contributed by atoms with E-state index in [2.05, 4.69) is 5.32 Å². The fourth-order valence-electron chi connectivity index (χ4n) is 4.34. The third kappa shape index (κ3) is 11.7. The van der Waals surface area contributed by atoms with Crippen LogP contribution in [0.3, 0.4) is 0 Å². The van der Waals surface area contributed by atoms with E-state index in [-0.39, 0.29) is 57.0 Å². The van der Waals surface area contributed by atoms with Crippen molar-refractivity contribution in [2.45, 2.75) is 70.6 Å². The molecule has 1 fully saturated rings. The Balaban J connectivity index is 1.34. The van der Waals surface area contributed by atoms with Crippen molar-refractivity contribution in [2.24, 2.45) is 0 Å². The third-order valence-corrected chi connectivity index (χ3v) is 6.52. The molecule has 0 aromatic heterocycles. The number of unbranched alkanes of at least 4 members (excludes halogenated alkanes) is 2. The molecule has 236 valence electrons. The van der Waals surface area contributed by atoms with Gasteiger partial charge in [0.05, 0.1) is 19.3 Å². The number of amides is 3. The number of carboxylic acids is 1. The van der Waals surface area contributed by atoms with Crippen LogP contribution >= 0.6 is 0 Å². The zero-order valence-corrected chi connectivity index (χ0v) is 24.0. The molecular weight excluding hydrogens is 568 g/mol. The molecule has 3 unspecified atom stereocenters. The van der Waals surface area contributed by atoms with Crippen molar-refractivity contribution in [2.75, 3.05) is 32.9 Å². The van der Waals surface area contributed by atoms with E-state index in [0.717, 1.165) is 0 Å². The molecule has 14 nitrogen and oxygen atoms in total. The molecule has 3 atom stereocenters. The Morgan fingerprint density at radius 2 is 1.81 bits per heavy atom. The van der Waals surface area contributed by atoms with Gasteiger partial charge in [0.2, 0.25) is 12.2 Å². The number of ether oxygens (including phenoxy) is 5. The van der Waals surface area contributed by atoms with Gasteiger partial charge in [0.25, 0.3) is 11.8 Å². The molecule has 0 spiro atoms. The largest absolute Gasteiger partial charge is 0.491 e. The first-order chi connectivity index (χ1) is 20.6. The SMILES string of the molecule is CC(=O)OCc1ccc(OC2CC(O)CC(C(=O)O)O2)cc1OCCOCCNC(=O)CCCCCN1C(=O)C=CC1=O. The first-order valence-electron chi connectivity index (χ1n) is 14.1. The van der Waals surface area contributed by atoms with Crippen molar-refractivity contribution in [3.05, 3.63) is 35.9 Å². The summed E-state index contributed by atoms with van der Waals surface area (Å²) in [5.74, 6) is -1.71. The molecule has 0 saturated carbocycles. The quantitative estimate of drug-likeness (QED) is 0.123. The number of esters is 1. The Labute approximate surface area is 248 Å². The minimum atomic E-state index is -1.19. The number of rotatable bonds is 18. The van der Waals surface area contributed by atoms with E-state index in [1.54, 1.807) is 18.2 Å². The second kappa shape index (κ2) is 17.2. The van der Waals surface area contributed by atoms with Crippen LogP contribution in [-0.2, 0) is 44.8 Å². The predicted octanol–water partition coefficient (Wildman–Crippen LogP) is 1.08. The summed E-state index contributed by atoms with van der Waals surface area (Å²) >= 11 is 0. The highest BCUT2D eigenvalue weighted by molar-refractivity contribution is 6.12. The van der Waals surface area contributed by atoms with Crippen molar-refractivity contribution in [1.82, 2.24) is 10.2 Å². The normalized spacial score (nSPS) is 19.8. The number of hydrogen-bond acceptors (Lipinski definition) is 11. The maximum absolute atomic E-state index is 12.0. The van der Waals surface area contributed by atoms with E-state index in [1.807, 2.05) is 0 Å². The molecular formula is C29H38N2O12. The minimum absolute atomic E-state index is 0.0279. The maximum Gasteiger partial charge on any atom is 0.333 e. The fraction of sp³-hybridized carbons (Fsp3) is 0.552. The van der Waals surface area contributed by atoms with Crippen LogP contribution in [0.1, 0.15) is 51.0 Å². The number of aliphatic carboxylic acids is 1. The molecule has 43 heavy (non-hydrogen) atoms. The first kappa shape index (κ1) is 33.5. The number of aliphatic hydroxyl groups excluding tert-OH is 1. The number of imide groups is 1. The van der Waals surface area contributed by atoms with Gasteiger partial charge in [-0.2, -0.15) is 0 Å². The van der Waals surface area contributed by atoms with Gasteiger partial charge in [-0.1, -0.05) is 6.42 Å². The summed E-state index contributed by atoms with van der Waals surface area (Å²) in [5, 5.41) is 22.0. The summed E-state index contributed by atoms with van der Waals surface area (Å²) < 4.78 is 27.6. The van der Waals surface area contributed by atoms with E-state index in [1.165, 1.54) is 24.0 Å². The lowest BCUT2D eigenvalue weighted by Crippen LogP contribution is -2.42. The van der Waals surface area contributed by atoms with Gasteiger partial charge in [-0.15, -0.1) is 0 Å². The summed E-state index contributed by atoms with van der Waals surface area (Å²) in [4.78, 5) is 58.8. The average molecular weight is 607 g/mol. The van der Waals surface area contributed by atoms with Gasteiger partial charge in [0, 0.05) is 63.1 Å². The van der Waals surface area contributed by atoms with Crippen molar-refractivity contribution in [3.8, 4) is 11.5 Å². The minimum Gasteiger partial charge on any atom is -0.491 e. The van der Waals surface area contributed by atoms with Crippen LogP contribution in [0.25, 0.3) is 0 Å². The number of benzene rings is 1. The van der Waals surface area contributed by atoms with Crippen LogP contribution in [0.5, 0.6) is 11.5 Å². The third-order valence-electron chi connectivity index (χ3n) is 6.52. The smallest absolute Gasteiger partial charge is 0.333 e. The van der Waals surface area contributed by atoms with E-state index < -0.39 is 30.4 Å². The van der Waals surface area contributed by atoms with Gasteiger partial charge in [-0.25, -0.2) is 4.79 Å². The first-order valence-corrected chi connectivity index (χ1v) is 14.1. The van der Waals surface area contributed by atoms with Crippen LogP contribution in [-0.4, -0.2) is 96.2 Å². The molecule has 0 bridgehead atoms. The maximum atomic E-state index is 12.0. The summed E-state index contributed by atoms with van der Waals surface area (Å²) in [6, 6.07) is 4.79. The number of carbonyl (C=O) groups is 5. The highest BCUT2D eigenvalue weighted by atomic mass is 16.7. The van der Waals surface area contributed by atoms with Gasteiger partial charge >= 0.3 is 11.9 Å². The molecule has 3 amide bonds. The fourth-order valence-corrected chi connectivity index (χ4v) is 4.34. The number of nitrogens with zero attached hydrogens (tertiary/aromatic N) is 1. The number of carboxylic acid groups (broad SMARTS) is 1. The van der Waals surface area contributed by atoms with Gasteiger partial charge in [0.15, 0.2) is 6.10 Å². The average Bonchev–Trinajstić information content (AvgIpc) is 3.27. The highest BCUT2D eigenvalue weighted by Crippen LogP contribution is 2.29. The summed E-state index contributed by atoms with van der Waals surface area (Å²) in [7, 11) is 0. The van der Waals surface area contributed by atoms with Crippen molar-refractivity contribution in [3.63, 3.8) is 0 Å². The number of hydrogen-bond donors (Lipinski definition) is 3. The Hall–Kier alpha value is -4.01. The lowest BCUT2D eigenvalue weighted by atomic mass is 10.1. The summed E-state index contributed by atoms with van der Waals surface area (Å²) in [5.41, 5.74) is 0.568. The summed E-state index contributed by atoms with van der Waals surface area (Å²) in [6.45, 7) is 2.51. The van der Waals surface area contributed by atoms with Crippen molar-refractivity contribution >= 4 is 29.7 Å². The molecule has 1 saturated heterocycles. The highest BCUT2D eigenvalue weighted by Gasteiger charge is 2.34. The lowest BCUT2D eigenvalue weighted by Gasteiger charge is -2.31. The van der Waals surface area contributed by atoms with Crippen LogP contribution < -0.4 is 14.8 Å². The van der Waals surface area contributed by atoms with E-state index in [9.17, 15) is 34.2 Å². The molecule has 2 aliphatic rings. The monoisotopic (exact) mass is 606 g/mol. The van der Waals surface area contributed by atoms with Crippen LogP contribution in [0.2, 0.25) is 0 Å². The van der Waals surface area contributed by atoms with E-state index in [4.69, 9.17) is 23.7 Å². The van der Waals surface area contributed by atoms with Gasteiger partial charge < -0.3 is 39.2 Å². The Morgan fingerprint density at radius 3 is 2.53 bits per heavy atom. The second-order valence-corrected chi connectivity index (χ2v) is 9.97. The zero-order chi connectivity index (χ0) is 31.2. The van der Waals surface area contributed by atoms with Crippen molar-refractivity contribution < 1.29 is 57.9 Å².